The number of nitrogens with zero attached hydrogens (tertiary/aromatic N) is 1. The van der Waals surface area contributed by atoms with Gasteiger partial charge in [0.2, 0.25) is 0 Å². The number of hydrogen-bond acceptors (Lipinski definition) is 4. The minimum atomic E-state index is 0. The lowest BCUT2D eigenvalue weighted by Crippen LogP contribution is -2.48. The van der Waals surface area contributed by atoms with E-state index in [0.717, 1.165) is 44.1 Å². The molecule has 2 aliphatic rings. The van der Waals surface area contributed by atoms with E-state index < -0.39 is 0 Å². The first kappa shape index (κ1) is 16.4. The van der Waals surface area contributed by atoms with Crippen LogP contribution >= 0.6 is 12.4 Å². The molecule has 3 rings (SSSR count). The summed E-state index contributed by atoms with van der Waals surface area (Å²) >= 11 is 0. The van der Waals surface area contributed by atoms with E-state index in [0.29, 0.717) is 6.04 Å². The van der Waals surface area contributed by atoms with E-state index in [1.807, 2.05) is 0 Å². The zero-order valence-electron chi connectivity index (χ0n) is 13.0. The molecule has 0 radical (unpaired) electrons. The lowest BCUT2D eigenvalue weighted by atomic mass is 10.0. The summed E-state index contributed by atoms with van der Waals surface area (Å²) in [6.45, 7) is 8.54. The molecule has 1 saturated heterocycles. The van der Waals surface area contributed by atoms with Gasteiger partial charge in [0.25, 0.3) is 0 Å². The average molecular weight is 313 g/mol. The Bertz CT molecular complexity index is 495. The van der Waals surface area contributed by atoms with Crippen molar-refractivity contribution in [2.24, 2.45) is 0 Å². The monoisotopic (exact) mass is 312 g/mol. The summed E-state index contributed by atoms with van der Waals surface area (Å²) in [6.07, 6.45) is 1.26. The van der Waals surface area contributed by atoms with E-state index in [2.05, 4.69) is 36.2 Å². The van der Waals surface area contributed by atoms with Gasteiger partial charge in [-0.25, -0.2) is 0 Å². The number of nitrogens with one attached hydrogen (secondary N) is 1. The zero-order valence-corrected chi connectivity index (χ0v) is 13.8. The molecule has 118 valence electrons. The summed E-state index contributed by atoms with van der Waals surface area (Å²) in [5.74, 6) is 2.03. The number of ether oxygens (including phenoxy) is 2. The molecule has 0 spiro atoms. The van der Waals surface area contributed by atoms with Crippen LogP contribution in [0.25, 0.3) is 0 Å². The van der Waals surface area contributed by atoms with Crippen molar-refractivity contribution in [3.8, 4) is 11.5 Å². The molecule has 21 heavy (non-hydrogen) atoms. The number of piperazine rings is 1. The van der Waals surface area contributed by atoms with Crippen LogP contribution in [-0.2, 0) is 13.0 Å². The number of hydrogen-bond donors (Lipinski definition) is 1. The third-order valence-corrected chi connectivity index (χ3v) is 4.13. The third-order valence-electron chi connectivity index (χ3n) is 4.13. The predicted octanol–water partition coefficient (Wildman–Crippen LogP) is 2.23. The van der Waals surface area contributed by atoms with E-state index in [9.17, 15) is 0 Å². The number of fused-ring (bicyclic) bond motifs is 1. The van der Waals surface area contributed by atoms with Gasteiger partial charge in [-0.15, -0.1) is 12.4 Å². The molecule has 0 saturated carbocycles. The summed E-state index contributed by atoms with van der Waals surface area (Å²) in [5.41, 5.74) is 2.55. The summed E-state index contributed by atoms with van der Waals surface area (Å²) < 4.78 is 11.4. The Hall–Kier alpha value is -0.970. The number of methoxy groups -OCH3 is 1. The molecule has 2 heterocycles. The highest BCUT2D eigenvalue weighted by Gasteiger charge is 2.25. The molecule has 2 aliphatic heterocycles. The minimum Gasteiger partial charge on any atom is -0.497 e. The van der Waals surface area contributed by atoms with Crippen LogP contribution < -0.4 is 14.8 Å². The average Bonchev–Trinajstić information content (AvgIpc) is 2.79. The summed E-state index contributed by atoms with van der Waals surface area (Å²) in [5, 5.41) is 3.48. The molecule has 4 nitrogen and oxygen atoms in total. The van der Waals surface area contributed by atoms with Gasteiger partial charge >= 0.3 is 0 Å². The Labute approximate surface area is 133 Å². The molecule has 2 atom stereocenters. The largest absolute Gasteiger partial charge is 0.497 e. The van der Waals surface area contributed by atoms with Crippen molar-refractivity contribution in [2.45, 2.75) is 39.0 Å². The van der Waals surface area contributed by atoms with E-state index in [4.69, 9.17) is 9.47 Å². The van der Waals surface area contributed by atoms with Crippen LogP contribution in [0, 0.1) is 0 Å². The minimum absolute atomic E-state index is 0. The Morgan fingerprint density at radius 1 is 1.38 bits per heavy atom. The van der Waals surface area contributed by atoms with Crippen molar-refractivity contribution in [1.82, 2.24) is 10.2 Å². The Morgan fingerprint density at radius 2 is 2.19 bits per heavy atom. The molecule has 1 N–H and O–H groups in total. The first-order valence-corrected chi connectivity index (χ1v) is 7.48. The van der Waals surface area contributed by atoms with Crippen molar-refractivity contribution >= 4 is 12.4 Å². The van der Waals surface area contributed by atoms with Gasteiger partial charge in [-0.2, -0.15) is 0 Å². The molecule has 1 unspecified atom stereocenters. The van der Waals surface area contributed by atoms with Crippen LogP contribution in [0.2, 0.25) is 0 Å². The highest BCUT2D eigenvalue weighted by molar-refractivity contribution is 5.85. The van der Waals surface area contributed by atoms with Crippen molar-refractivity contribution in [3.05, 3.63) is 23.3 Å². The SMILES string of the molecule is COc1cc2c(c(CN3CCN[C@H](C)C3)c1)OC(C)C2.Cl. The smallest absolute Gasteiger partial charge is 0.127 e. The summed E-state index contributed by atoms with van der Waals surface area (Å²) in [7, 11) is 1.73. The van der Waals surface area contributed by atoms with Gasteiger partial charge in [0.1, 0.15) is 17.6 Å². The molecule has 5 heteroatoms. The Balaban J connectivity index is 0.00000161. The van der Waals surface area contributed by atoms with Gasteiger partial charge in [0.05, 0.1) is 7.11 Å². The fraction of sp³-hybridized carbons (Fsp3) is 0.625. The van der Waals surface area contributed by atoms with Gasteiger partial charge < -0.3 is 14.8 Å². The molecule has 0 aliphatic carbocycles. The van der Waals surface area contributed by atoms with E-state index in [-0.39, 0.29) is 18.5 Å². The van der Waals surface area contributed by atoms with Gasteiger partial charge in [-0.05, 0) is 26.0 Å². The van der Waals surface area contributed by atoms with Gasteiger partial charge in [-0.3, -0.25) is 4.90 Å². The number of halogens is 1. The zero-order chi connectivity index (χ0) is 14.1. The highest BCUT2D eigenvalue weighted by atomic mass is 35.5. The molecule has 0 aromatic heterocycles. The second-order valence-corrected chi connectivity index (χ2v) is 6.00. The fourth-order valence-electron chi connectivity index (χ4n) is 3.21. The standard InChI is InChI=1S/C16H24N2O2.ClH/c1-11-9-18(5-4-17-11)10-14-8-15(19-3)7-13-6-12(2)20-16(13)14;/h7-8,11-12,17H,4-6,9-10H2,1-3H3;1H/t11-,12?;/m1./s1. The van der Waals surface area contributed by atoms with Crippen LogP contribution in [0.4, 0.5) is 0 Å². The maximum absolute atomic E-state index is 6.01. The quantitative estimate of drug-likeness (QED) is 0.928. The van der Waals surface area contributed by atoms with Crippen LogP contribution in [0.3, 0.4) is 0 Å². The summed E-state index contributed by atoms with van der Waals surface area (Å²) in [6, 6.07) is 4.80. The second kappa shape index (κ2) is 6.86. The predicted molar refractivity (Wildman–Crippen MR) is 86.8 cm³/mol. The van der Waals surface area contributed by atoms with Gasteiger partial charge in [0.15, 0.2) is 0 Å². The van der Waals surface area contributed by atoms with E-state index in [1.54, 1.807) is 7.11 Å². The molecule has 1 aromatic rings. The van der Waals surface area contributed by atoms with E-state index in [1.165, 1.54) is 11.1 Å². The maximum Gasteiger partial charge on any atom is 0.127 e. The number of benzene rings is 1. The van der Waals surface area contributed by atoms with Crippen molar-refractivity contribution in [3.63, 3.8) is 0 Å². The van der Waals surface area contributed by atoms with Crippen LogP contribution in [-0.4, -0.2) is 43.8 Å². The highest BCUT2D eigenvalue weighted by Crippen LogP contribution is 2.36. The lowest BCUT2D eigenvalue weighted by molar-refractivity contribution is 0.193. The summed E-state index contributed by atoms with van der Waals surface area (Å²) in [4.78, 5) is 2.49. The Morgan fingerprint density at radius 3 is 2.90 bits per heavy atom. The molecule has 1 fully saturated rings. The first-order chi connectivity index (χ1) is 9.65. The molecule has 0 bridgehead atoms. The topological polar surface area (TPSA) is 33.7 Å². The first-order valence-electron chi connectivity index (χ1n) is 7.48. The molecule has 0 amide bonds. The number of rotatable bonds is 3. The van der Waals surface area contributed by atoms with Gasteiger partial charge in [0, 0.05) is 49.8 Å². The molecular formula is C16H25ClN2O2. The molecule has 1 aromatic carbocycles. The van der Waals surface area contributed by atoms with Gasteiger partial charge in [-0.1, -0.05) is 0 Å². The van der Waals surface area contributed by atoms with Crippen LogP contribution in [0.15, 0.2) is 12.1 Å². The van der Waals surface area contributed by atoms with E-state index >= 15 is 0 Å². The van der Waals surface area contributed by atoms with Crippen molar-refractivity contribution in [2.75, 3.05) is 26.7 Å². The van der Waals surface area contributed by atoms with Crippen LogP contribution in [0.5, 0.6) is 11.5 Å². The maximum atomic E-state index is 6.01. The molecular weight excluding hydrogens is 288 g/mol. The third kappa shape index (κ3) is 3.62. The lowest BCUT2D eigenvalue weighted by Gasteiger charge is -2.32. The van der Waals surface area contributed by atoms with Crippen LogP contribution in [0.1, 0.15) is 25.0 Å². The fourth-order valence-corrected chi connectivity index (χ4v) is 3.21. The van der Waals surface area contributed by atoms with Crippen molar-refractivity contribution < 1.29 is 9.47 Å². The normalized spacial score (nSPS) is 24.9. The Kier molecular flexibility index (Phi) is 5.36. The van der Waals surface area contributed by atoms with Crippen molar-refractivity contribution in [1.29, 1.82) is 0 Å². The second-order valence-electron chi connectivity index (χ2n) is 6.00.